The lowest BCUT2D eigenvalue weighted by Gasteiger charge is -2.46. The van der Waals surface area contributed by atoms with Crippen LogP contribution in [-0.4, -0.2) is 55.2 Å². The SMILES string of the molecule is CC(NC(=O)OCc1ccccc1)C1[C@@H](O[Si](c2ccccc2)(c2ccccc2)C(C)(C)C)CCN1C(=O)O. The number of carbonyl (C=O) groups is 2. The Labute approximate surface area is 231 Å². The Kier molecular flexibility index (Phi) is 8.77. The third-order valence-corrected chi connectivity index (χ3v) is 12.5. The summed E-state index contributed by atoms with van der Waals surface area (Å²) in [5.74, 6) is 0. The van der Waals surface area contributed by atoms with Gasteiger partial charge in [-0.2, -0.15) is 0 Å². The summed E-state index contributed by atoms with van der Waals surface area (Å²) in [7, 11) is -2.93. The number of alkyl carbamates (subject to hydrolysis) is 1. The lowest BCUT2D eigenvalue weighted by Crippen LogP contribution is -2.69. The predicted molar refractivity (Wildman–Crippen MR) is 155 cm³/mol. The van der Waals surface area contributed by atoms with Crippen molar-refractivity contribution < 1.29 is 23.9 Å². The van der Waals surface area contributed by atoms with Gasteiger partial charge in [-0.1, -0.05) is 112 Å². The van der Waals surface area contributed by atoms with E-state index < -0.39 is 38.7 Å². The van der Waals surface area contributed by atoms with Crippen LogP contribution in [0, 0.1) is 0 Å². The molecule has 7 nitrogen and oxygen atoms in total. The van der Waals surface area contributed by atoms with Gasteiger partial charge in [0.2, 0.25) is 0 Å². The van der Waals surface area contributed by atoms with Gasteiger partial charge >= 0.3 is 12.2 Å². The van der Waals surface area contributed by atoms with Gasteiger partial charge in [-0.05, 0) is 34.3 Å². The molecule has 8 heteroatoms. The molecule has 1 fully saturated rings. The van der Waals surface area contributed by atoms with Gasteiger partial charge in [-0.25, -0.2) is 9.59 Å². The van der Waals surface area contributed by atoms with Crippen LogP contribution in [0.2, 0.25) is 5.04 Å². The highest BCUT2D eigenvalue weighted by molar-refractivity contribution is 6.99. The largest absolute Gasteiger partial charge is 0.465 e. The third kappa shape index (κ3) is 6.18. The molecule has 0 bridgehead atoms. The summed E-state index contributed by atoms with van der Waals surface area (Å²) in [5, 5.41) is 14.9. The minimum absolute atomic E-state index is 0.134. The van der Waals surface area contributed by atoms with Crippen molar-refractivity contribution in [3.63, 3.8) is 0 Å². The van der Waals surface area contributed by atoms with Crippen LogP contribution >= 0.6 is 0 Å². The first-order chi connectivity index (χ1) is 18.6. The lowest BCUT2D eigenvalue weighted by molar-refractivity contribution is 0.0843. The summed E-state index contributed by atoms with van der Waals surface area (Å²) in [6.45, 7) is 8.86. The number of benzene rings is 3. The van der Waals surface area contributed by atoms with E-state index in [0.29, 0.717) is 13.0 Å². The van der Waals surface area contributed by atoms with Gasteiger partial charge in [0, 0.05) is 6.54 Å². The Morgan fingerprint density at radius 3 is 1.95 bits per heavy atom. The molecule has 0 spiro atoms. The van der Waals surface area contributed by atoms with E-state index in [0.717, 1.165) is 15.9 Å². The zero-order chi connectivity index (χ0) is 28.0. The number of carboxylic acid groups (broad SMARTS) is 1. The minimum Gasteiger partial charge on any atom is -0.465 e. The van der Waals surface area contributed by atoms with Gasteiger partial charge in [0.15, 0.2) is 0 Å². The van der Waals surface area contributed by atoms with E-state index in [1.165, 1.54) is 4.90 Å². The fourth-order valence-corrected chi connectivity index (χ4v) is 10.4. The van der Waals surface area contributed by atoms with Crippen molar-refractivity contribution in [1.82, 2.24) is 10.2 Å². The van der Waals surface area contributed by atoms with E-state index in [1.54, 1.807) is 0 Å². The van der Waals surface area contributed by atoms with Crippen LogP contribution in [0.1, 0.15) is 39.7 Å². The molecule has 206 valence electrons. The zero-order valence-corrected chi connectivity index (χ0v) is 24.0. The van der Waals surface area contributed by atoms with Crippen LogP contribution in [-0.2, 0) is 15.8 Å². The molecule has 1 aliphatic heterocycles. The summed E-state index contributed by atoms with van der Waals surface area (Å²) in [4.78, 5) is 26.4. The summed E-state index contributed by atoms with van der Waals surface area (Å²) in [6.07, 6.45) is -1.50. The molecule has 3 aromatic carbocycles. The van der Waals surface area contributed by atoms with E-state index >= 15 is 0 Å². The van der Waals surface area contributed by atoms with Crippen LogP contribution in [0.15, 0.2) is 91.0 Å². The van der Waals surface area contributed by atoms with Crippen LogP contribution in [0.4, 0.5) is 9.59 Å². The number of ether oxygens (including phenoxy) is 1. The molecule has 0 saturated carbocycles. The first-order valence-corrected chi connectivity index (χ1v) is 15.3. The lowest BCUT2D eigenvalue weighted by atomic mass is 10.1. The van der Waals surface area contributed by atoms with E-state index in [9.17, 15) is 14.7 Å². The number of amides is 2. The maximum absolute atomic E-state index is 12.7. The van der Waals surface area contributed by atoms with Gasteiger partial charge in [0.1, 0.15) is 6.61 Å². The Hall–Kier alpha value is -3.62. The fourth-order valence-electron chi connectivity index (χ4n) is 5.68. The third-order valence-electron chi connectivity index (χ3n) is 7.46. The average molecular weight is 547 g/mol. The standard InChI is InChI=1S/C31H38N2O5Si/c1-23(32-29(34)37-22-24-14-8-5-9-15-24)28-27(20-21-33(28)30(35)36)38-39(31(2,3)4,25-16-10-6-11-17-25)26-18-12-7-13-19-26/h5-19,23,27-28H,20-22H2,1-4H3,(H,32,34)(H,35,36)/t23?,27-,28?/m0/s1. The van der Waals surface area contributed by atoms with Gasteiger partial charge < -0.3 is 24.5 Å². The van der Waals surface area contributed by atoms with Crippen molar-refractivity contribution in [2.75, 3.05) is 6.54 Å². The highest BCUT2D eigenvalue weighted by Crippen LogP contribution is 2.40. The van der Waals surface area contributed by atoms with Gasteiger partial charge in [0.05, 0.1) is 18.2 Å². The van der Waals surface area contributed by atoms with Crippen molar-refractivity contribution >= 4 is 30.9 Å². The number of likely N-dealkylation sites (tertiary alicyclic amines) is 1. The Morgan fingerprint density at radius 1 is 0.949 bits per heavy atom. The average Bonchev–Trinajstić information content (AvgIpc) is 3.35. The smallest absolute Gasteiger partial charge is 0.407 e. The highest BCUT2D eigenvalue weighted by atomic mass is 28.4. The van der Waals surface area contributed by atoms with Crippen molar-refractivity contribution in [1.29, 1.82) is 0 Å². The first-order valence-electron chi connectivity index (χ1n) is 13.4. The van der Waals surface area contributed by atoms with Gasteiger partial charge in [0.25, 0.3) is 8.32 Å². The summed E-state index contributed by atoms with van der Waals surface area (Å²) >= 11 is 0. The van der Waals surface area contributed by atoms with Crippen molar-refractivity contribution in [3.05, 3.63) is 96.6 Å². The summed E-state index contributed by atoms with van der Waals surface area (Å²) in [6, 6.07) is 28.9. The minimum atomic E-state index is -2.93. The molecule has 2 unspecified atom stereocenters. The van der Waals surface area contributed by atoms with Crippen LogP contribution in [0.3, 0.4) is 0 Å². The topological polar surface area (TPSA) is 88.1 Å². The zero-order valence-electron chi connectivity index (χ0n) is 23.0. The van der Waals surface area contributed by atoms with E-state index in [-0.39, 0.29) is 11.6 Å². The van der Waals surface area contributed by atoms with E-state index in [4.69, 9.17) is 9.16 Å². The normalized spacial score (nSPS) is 18.4. The van der Waals surface area contributed by atoms with Crippen LogP contribution < -0.4 is 15.7 Å². The molecule has 0 aromatic heterocycles. The maximum atomic E-state index is 12.7. The highest BCUT2D eigenvalue weighted by Gasteiger charge is 2.54. The first kappa shape index (κ1) is 28.4. The molecule has 0 aliphatic carbocycles. The van der Waals surface area contributed by atoms with Gasteiger partial charge in [-0.3, -0.25) is 0 Å². The molecule has 1 heterocycles. The van der Waals surface area contributed by atoms with Crippen LogP contribution in [0.25, 0.3) is 0 Å². The Bertz CT molecular complexity index is 1190. The number of hydrogen-bond donors (Lipinski definition) is 2. The number of hydrogen-bond acceptors (Lipinski definition) is 4. The van der Waals surface area contributed by atoms with E-state index in [1.807, 2.05) is 73.7 Å². The number of nitrogens with zero attached hydrogens (tertiary/aromatic N) is 1. The monoisotopic (exact) mass is 546 g/mol. The van der Waals surface area contributed by atoms with Crippen LogP contribution in [0.5, 0.6) is 0 Å². The molecule has 1 saturated heterocycles. The molecule has 4 rings (SSSR count). The maximum Gasteiger partial charge on any atom is 0.407 e. The molecular weight excluding hydrogens is 508 g/mol. The number of carbonyl (C=O) groups excluding carboxylic acids is 1. The second-order valence-corrected chi connectivity index (χ2v) is 15.3. The quantitative estimate of drug-likeness (QED) is 0.388. The summed E-state index contributed by atoms with van der Waals surface area (Å²) in [5.41, 5.74) is 0.876. The Morgan fingerprint density at radius 2 is 1.46 bits per heavy atom. The second kappa shape index (κ2) is 12.0. The molecule has 2 N–H and O–H groups in total. The fraction of sp³-hybridized carbons (Fsp3) is 0.355. The van der Waals surface area contributed by atoms with Gasteiger partial charge in [-0.15, -0.1) is 0 Å². The molecule has 3 aromatic rings. The van der Waals surface area contributed by atoms with Crippen molar-refractivity contribution in [2.24, 2.45) is 0 Å². The van der Waals surface area contributed by atoms with Crippen molar-refractivity contribution in [2.45, 2.75) is 63.9 Å². The molecule has 2 amide bonds. The predicted octanol–water partition coefficient (Wildman–Crippen LogP) is 5.00. The second-order valence-electron chi connectivity index (χ2n) is 11.1. The molecule has 39 heavy (non-hydrogen) atoms. The molecular formula is C31H38N2O5Si. The van der Waals surface area contributed by atoms with Crippen molar-refractivity contribution in [3.8, 4) is 0 Å². The van der Waals surface area contributed by atoms with E-state index in [2.05, 4.69) is 50.4 Å². The molecule has 3 atom stereocenters. The summed E-state index contributed by atoms with van der Waals surface area (Å²) < 4.78 is 12.7. The molecule has 0 radical (unpaired) electrons. The number of rotatable bonds is 8. The molecule has 1 aliphatic rings. The number of nitrogens with one attached hydrogen (secondary N) is 1. The Balaban J connectivity index is 1.64.